The number of amides is 1. The number of benzene rings is 3. The molecule has 0 fully saturated rings. The van der Waals surface area contributed by atoms with Crippen molar-refractivity contribution >= 4 is 11.9 Å². The molecule has 28 heavy (non-hydrogen) atoms. The highest BCUT2D eigenvalue weighted by Crippen LogP contribution is 2.25. The van der Waals surface area contributed by atoms with E-state index in [0.29, 0.717) is 11.3 Å². The quantitative estimate of drug-likeness (QED) is 0.519. The van der Waals surface area contributed by atoms with Crippen molar-refractivity contribution in [2.24, 2.45) is 0 Å². The van der Waals surface area contributed by atoms with Gasteiger partial charge in [-0.3, -0.25) is 9.59 Å². The van der Waals surface area contributed by atoms with E-state index >= 15 is 0 Å². The Balaban J connectivity index is 1.88. The van der Waals surface area contributed by atoms with Crippen LogP contribution >= 0.6 is 0 Å². The van der Waals surface area contributed by atoms with E-state index in [9.17, 15) is 9.59 Å². The summed E-state index contributed by atoms with van der Waals surface area (Å²) in [6, 6.07) is 22.4. The molecule has 4 nitrogen and oxygen atoms in total. The SMILES string of the molecule is CC(=O)Oc1ccc(C(=O)N[C@H](c2ccccc2)c2ccc(C)c(C)c2)cc1. The molecule has 0 spiro atoms. The van der Waals surface area contributed by atoms with Gasteiger partial charge in [0, 0.05) is 12.5 Å². The predicted octanol–water partition coefficient (Wildman–Crippen LogP) is 4.75. The fourth-order valence-corrected chi connectivity index (χ4v) is 3.00. The monoisotopic (exact) mass is 373 g/mol. The van der Waals surface area contributed by atoms with Gasteiger partial charge in [0.1, 0.15) is 5.75 Å². The maximum Gasteiger partial charge on any atom is 0.308 e. The van der Waals surface area contributed by atoms with Crippen molar-refractivity contribution in [2.45, 2.75) is 26.8 Å². The van der Waals surface area contributed by atoms with Gasteiger partial charge in [-0.15, -0.1) is 0 Å². The largest absolute Gasteiger partial charge is 0.427 e. The fraction of sp³-hybridized carbons (Fsp3) is 0.167. The molecule has 0 aromatic heterocycles. The van der Waals surface area contributed by atoms with E-state index in [-0.39, 0.29) is 11.9 Å². The Morgan fingerprint density at radius 3 is 2.11 bits per heavy atom. The lowest BCUT2D eigenvalue weighted by molar-refractivity contribution is -0.131. The van der Waals surface area contributed by atoms with Crippen molar-refractivity contribution in [2.75, 3.05) is 0 Å². The third kappa shape index (κ3) is 4.65. The molecule has 0 radical (unpaired) electrons. The maximum atomic E-state index is 12.9. The first-order chi connectivity index (χ1) is 13.4. The third-order valence-electron chi connectivity index (χ3n) is 4.65. The average Bonchev–Trinajstić information content (AvgIpc) is 2.69. The number of carbonyl (C=O) groups excluding carboxylic acids is 2. The highest BCUT2D eigenvalue weighted by molar-refractivity contribution is 5.94. The zero-order chi connectivity index (χ0) is 20.1. The standard InChI is InChI=1S/C24H23NO3/c1-16-9-10-21(15-17(16)2)23(19-7-5-4-6-8-19)25-24(27)20-11-13-22(14-12-20)28-18(3)26/h4-15,23H,1-3H3,(H,25,27)/t23-/m1/s1. The molecule has 3 aromatic carbocycles. The van der Waals surface area contributed by atoms with Gasteiger partial charge < -0.3 is 10.1 Å². The highest BCUT2D eigenvalue weighted by Gasteiger charge is 2.18. The summed E-state index contributed by atoms with van der Waals surface area (Å²) < 4.78 is 5.02. The van der Waals surface area contributed by atoms with Crippen molar-refractivity contribution in [1.82, 2.24) is 5.32 Å². The summed E-state index contributed by atoms with van der Waals surface area (Å²) >= 11 is 0. The number of nitrogens with one attached hydrogen (secondary N) is 1. The summed E-state index contributed by atoms with van der Waals surface area (Å²) in [6.07, 6.45) is 0. The maximum absolute atomic E-state index is 12.9. The van der Waals surface area contributed by atoms with Crippen LogP contribution in [-0.2, 0) is 4.79 Å². The second kappa shape index (κ2) is 8.53. The molecular formula is C24H23NO3. The van der Waals surface area contributed by atoms with Gasteiger partial charge >= 0.3 is 5.97 Å². The van der Waals surface area contributed by atoms with Gasteiger partial charge in [-0.25, -0.2) is 0 Å². The Morgan fingerprint density at radius 1 is 0.821 bits per heavy atom. The minimum Gasteiger partial charge on any atom is -0.427 e. The van der Waals surface area contributed by atoms with E-state index in [0.717, 1.165) is 11.1 Å². The normalized spacial score (nSPS) is 11.5. The van der Waals surface area contributed by atoms with Crippen LogP contribution in [0.2, 0.25) is 0 Å². The number of aryl methyl sites for hydroxylation is 2. The summed E-state index contributed by atoms with van der Waals surface area (Å²) in [5.41, 5.74) is 4.93. The third-order valence-corrected chi connectivity index (χ3v) is 4.65. The summed E-state index contributed by atoms with van der Waals surface area (Å²) in [5, 5.41) is 3.13. The van der Waals surface area contributed by atoms with Crippen LogP contribution in [0.15, 0.2) is 72.8 Å². The fourth-order valence-electron chi connectivity index (χ4n) is 3.00. The molecule has 0 aliphatic heterocycles. The van der Waals surface area contributed by atoms with Crippen LogP contribution in [0, 0.1) is 13.8 Å². The summed E-state index contributed by atoms with van der Waals surface area (Å²) in [6.45, 7) is 5.48. The van der Waals surface area contributed by atoms with Crippen molar-refractivity contribution in [3.8, 4) is 5.75 Å². The first kappa shape index (κ1) is 19.4. The first-order valence-corrected chi connectivity index (χ1v) is 9.15. The molecule has 142 valence electrons. The predicted molar refractivity (Wildman–Crippen MR) is 109 cm³/mol. The molecular weight excluding hydrogens is 350 g/mol. The molecule has 0 heterocycles. The molecule has 1 atom stereocenters. The van der Waals surface area contributed by atoms with E-state index in [1.54, 1.807) is 24.3 Å². The Hall–Kier alpha value is -3.40. The second-order valence-corrected chi connectivity index (χ2v) is 6.78. The Labute approximate surface area is 165 Å². The molecule has 0 saturated carbocycles. The Kier molecular flexibility index (Phi) is 5.90. The van der Waals surface area contributed by atoms with Gasteiger partial charge in [-0.05, 0) is 60.4 Å². The van der Waals surface area contributed by atoms with Crippen LogP contribution in [0.3, 0.4) is 0 Å². The first-order valence-electron chi connectivity index (χ1n) is 9.15. The van der Waals surface area contributed by atoms with Crippen molar-refractivity contribution in [1.29, 1.82) is 0 Å². The molecule has 1 amide bonds. The number of ether oxygens (including phenoxy) is 1. The number of hydrogen-bond acceptors (Lipinski definition) is 3. The summed E-state index contributed by atoms with van der Waals surface area (Å²) in [5.74, 6) is -0.171. The molecule has 0 unspecified atom stereocenters. The minimum atomic E-state index is -0.393. The molecule has 0 saturated heterocycles. The molecule has 0 aliphatic carbocycles. The van der Waals surface area contributed by atoms with E-state index in [4.69, 9.17) is 4.74 Å². The minimum absolute atomic E-state index is 0.193. The smallest absolute Gasteiger partial charge is 0.308 e. The van der Waals surface area contributed by atoms with Crippen molar-refractivity contribution in [3.63, 3.8) is 0 Å². The van der Waals surface area contributed by atoms with E-state index in [2.05, 4.69) is 31.3 Å². The van der Waals surface area contributed by atoms with Gasteiger partial charge in [0.15, 0.2) is 0 Å². The lowest BCUT2D eigenvalue weighted by atomic mass is 9.95. The lowest BCUT2D eigenvalue weighted by Crippen LogP contribution is -2.29. The van der Waals surface area contributed by atoms with Crippen LogP contribution in [0.4, 0.5) is 0 Å². The Morgan fingerprint density at radius 2 is 1.50 bits per heavy atom. The van der Waals surface area contributed by atoms with Gasteiger partial charge in [-0.2, -0.15) is 0 Å². The zero-order valence-corrected chi connectivity index (χ0v) is 16.2. The topological polar surface area (TPSA) is 55.4 Å². The van der Waals surface area contributed by atoms with Crippen molar-refractivity contribution < 1.29 is 14.3 Å². The number of carbonyl (C=O) groups is 2. The second-order valence-electron chi connectivity index (χ2n) is 6.78. The summed E-state index contributed by atoms with van der Waals surface area (Å²) in [7, 11) is 0. The molecule has 3 aromatic rings. The van der Waals surface area contributed by atoms with Gasteiger partial charge in [0.25, 0.3) is 5.91 Å². The average molecular weight is 373 g/mol. The van der Waals surface area contributed by atoms with Crippen LogP contribution in [0.25, 0.3) is 0 Å². The van der Waals surface area contributed by atoms with Crippen LogP contribution in [0.5, 0.6) is 5.75 Å². The Bertz CT molecular complexity index is 978. The zero-order valence-electron chi connectivity index (χ0n) is 16.2. The van der Waals surface area contributed by atoms with Crippen LogP contribution in [0.1, 0.15) is 45.6 Å². The van der Waals surface area contributed by atoms with Gasteiger partial charge in [-0.1, -0.05) is 48.5 Å². The van der Waals surface area contributed by atoms with E-state index in [1.165, 1.54) is 18.1 Å². The molecule has 1 N–H and O–H groups in total. The van der Waals surface area contributed by atoms with Crippen molar-refractivity contribution in [3.05, 3.63) is 101 Å². The number of hydrogen-bond donors (Lipinski definition) is 1. The number of rotatable bonds is 5. The molecule has 4 heteroatoms. The molecule has 3 rings (SSSR count). The van der Waals surface area contributed by atoms with E-state index in [1.807, 2.05) is 36.4 Å². The van der Waals surface area contributed by atoms with Crippen LogP contribution < -0.4 is 10.1 Å². The molecule has 0 bridgehead atoms. The number of esters is 1. The summed E-state index contributed by atoms with van der Waals surface area (Å²) in [4.78, 5) is 23.9. The van der Waals surface area contributed by atoms with Gasteiger partial charge in [0.05, 0.1) is 6.04 Å². The van der Waals surface area contributed by atoms with Crippen LogP contribution in [-0.4, -0.2) is 11.9 Å². The highest BCUT2D eigenvalue weighted by atomic mass is 16.5. The lowest BCUT2D eigenvalue weighted by Gasteiger charge is -2.21. The van der Waals surface area contributed by atoms with Gasteiger partial charge in [0.2, 0.25) is 0 Å². The van der Waals surface area contributed by atoms with E-state index < -0.39 is 5.97 Å². The molecule has 0 aliphatic rings.